The summed E-state index contributed by atoms with van der Waals surface area (Å²) in [4.78, 5) is 15.9. The first-order valence-corrected chi connectivity index (χ1v) is 5.59. The van der Waals surface area contributed by atoms with Gasteiger partial charge in [-0.1, -0.05) is 0 Å². The first-order chi connectivity index (χ1) is 8.69. The fourth-order valence-corrected chi connectivity index (χ4v) is 1.59. The average Bonchev–Trinajstić information content (AvgIpc) is 2.76. The molecular weight excluding hydrogens is 230 g/mol. The Bertz CT molecular complexity index is 531. The molecule has 2 rings (SSSR count). The predicted molar refractivity (Wildman–Crippen MR) is 68.5 cm³/mol. The SMILES string of the molecule is COc1ccc(NC(=O)Cc2nccn2C)cc1. The average molecular weight is 245 g/mol. The van der Waals surface area contributed by atoms with Gasteiger partial charge in [-0.05, 0) is 24.3 Å². The highest BCUT2D eigenvalue weighted by molar-refractivity contribution is 5.91. The van der Waals surface area contributed by atoms with Crippen LogP contribution in [0.5, 0.6) is 5.75 Å². The van der Waals surface area contributed by atoms with E-state index in [0.29, 0.717) is 0 Å². The lowest BCUT2D eigenvalue weighted by Crippen LogP contribution is -2.16. The van der Waals surface area contributed by atoms with Gasteiger partial charge in [-0.3, -0.25) is 4.79 Å². The summed E-state index contributed by atoms with van der Waals surface area (Å²) in [5.41, 5.74) is 0.745. The number of aryl methyl sites for hydroxylation is 1. The normalized spacial score (nSPS) is 10.1. The third-order valence-corrected chi connectivity index (χ3v) is 2.61. The Labute approximate surface area is 105 Å². The second-order valence-electron chi connectivity index (χ2n) is 3.91. The predicted octanol–water partition coefficient (Wildman–Crippen LogP) is 1.61. The van der Waals surface area contributed by atoms with Crippen LogP contribution >= 0.6 is 0 Å². The Morgan fingerprint density at radius 3 is 2.67 bits per heavy atom. The maximum atomic E-state index is 11.8. The van der Waals surface area contributed by atoms with Crippen molar-refractivity contribution >= 4 is 11.6 Å². The molecule has 2 aromatic rings. The Morgan fingerprint density at radius 2 is 2.11 bits per heavy atom. The van der Waals surface area contributed by atoms with Crippen LogP contribution in [0.2, 0.25) is 0 Å². The zero-order chi connectivity index (χ0) is 13.0. The molecule has 0 saturated heterocycles. The van der Waals surface area contributed by atoms with Crippen LogP contribution < -0.4 is 10.1 Å². The summed E-state index contributed by atoms with van der Waals surface area (Å²) < 4.78 is 6.88. The Balaban J connectivity index is 1.96. The van der Waals surface area contributed by atoms with Crippen molar-refractivity contribution < 1.29 is 9.53 Å². The molecule has 94 valence electrons. The highest BCUT2D eigenvalue weighted by Gasteiger charge is 2.07. The van der Waals surface area contributed by atoms with Crippen LogP contribution in [-0.2, 0) is 18.3 Å². The van der Waals surface area contributed by atoms with Crippen molar-refractivity contribution in [2.75, 3.05) is 12.4 Å². The summed E-state index contributed by atoms with van der Waals surface area (Å²) in [6.45, 7) is 0. The van der Waals surface area contributed by atoms with Crippen LogP contribution in [0, 0.1) is 0 Å². The van der Waals surface area contributed by atoms with Crippen molar-refractivity contribution in [3.8, 4) is 5.75 Å². The summed E-state index contributed by atoms with van der Waals surface area (Å²) >= 11 is 0. The fourth-order valence-electron chi connectivity index (χ4n) is 1.59. The minimum absolute atomic E-state index is 0.0885. The first kappa shape index (κ1) is 12.2. The van der Waals surface area contributed by atoms with Crippen molar-refractivity contribution in [1.29, 1.82) is 0 Å². The molecule has 18 heavy (non-hydrogen) atoms. The van der Waals surface area contributed by atoms with Crippen LogP contribution in [0.15, 0.2) is 36.7 Å². The lowest BCUT2D eigenvalue weighted by Gasteiger charge is -2.06. The molecule has 5 heteroatoms. The topological polar surface area (TPSA) is 56.1 Å². The number of carbonyl (C=O) groups is 1. The van der Waals surface area contributed by atoms with E-state index in [0.717, 1.165) is 17.3 Å². The van der Waals surface area contributed by atoms with Gasteiger partial charge in [0.15, 0.2) is 0 Å². The number of aromatic nitrogens is 2. The lowest BCUT2D eigenvalue weighted by molar-refractivity contribution is -0.115. The van der Waals surface area contributed by atoms with E-state index in [1.54, 1.807) is 37.6 Å². The van der Waals surface area contributed by atoms with Gasteiger partial charge >= 0.3 is 0 Å². The molecule has 0 bridgehead atoms. The molecule has 0 saturated carbocycles. The number of hydrogen-bond donors (Lipinski definition) is 1. The number of benzene rings is 1. The summed E-state index contributed by atoms with van der Waals surface area (Å²) in [6.07, 6.45) is 3.75. The molecule has 0 aliphatic rings. The van der Waals surface area contributed by atoms with Crippen molar-refractivity contribution in [2.24, 2.45) is 7.05 Å². The van der Waals surface area contributed by atoms with E-state index in [1.807, 2.05) is 17.8 Å². The largest absolute Gasteiger partial charge is 0.497 e. The summed E-state index contributed by atoms with van der Waals surface area (Å²) in [5.74, 6) is 1.41. The number of ether oxygens (including phenoxy) is 1. The molecule has 0 atom stereocenters. The third kappa shape index (κ3) is 2.88. The molecule has 0 unspecified atom stereocenters. The fraction of sp³-hybridized carbons (Fsp3) is 0.231. The van der Waals surface area contributed by atoms with E-state index >= 15 is 0 Å². The van der Waals surface area contributed by atoms with E-state index < -0.39 is 0 Å². The minimum Gasteiger partial charge on any atom is -0.497 e. The van der Waals surface area contributed by atoms with E-state index in [1.165, 1.54) is 0 Å². The maximum absolute atomic E-state index is 11.8. The van der Waals surface area contributed by atoms with Crippen LogP contribution in [0.1, 0.15) is 5.82 Å². The number of anilines is 1. The minimum atomic E-state index is -0.0885. The van der Waals surface area contributed by atoms with Gasteiger partial charge in [0.25, 0.3) is 0 Å². The molecular formula is C13H15N3O2. The van der Waals surface area contributed by atoms with Gasteiger partial charge in [-0.25, -0.2) is 4.98 Å². The molecule has 1 N–H and O–H groups in total. The molecule has 1 heterocycles. The number of nitrogens with zero attached hydrogens (tertiary/aromatic N) is 2. The highest BCUT2D eigenvalue weighted by Crippen LogP contribution is 2.15. The second-order valence-corrected chi connectivity index (χ2v) is 3.91. The number of hydrogen-bond acceptors (Lipinski definition) is 3. The summed E-state index contributed by atoms with van der Waals surface area (Å²) in [7, 11) is 3.47. The molecule has 0 radical (unpaired) electrons. The molecule has 0 fully saturated rings. The number of carbonyl (C=O) groups excluding carboxylic acids is 1. The number of imidazole rings is 1. The second kappa shape index (κ2) is 5.35. The molecule has 1 aromatic carbocycles. The van der Waals surface area contributed by atoms with Crippen molar-refractivity contribution in [2.45, 2.75) is 6.42 Å². The van der Waals surface area contributed by atoms with E-state index in [-0.39, 0.29) is 12.3 Å². The monoisotopic (exact) mass is 245 g/mol. The number of rotatable bonds is 4. The highest BCUT2D eigenvalue weighted by atomic mass is 16.5. The first-order valence-electron chi connectivity index (χ1n) is 5.59. The van der Waals surface area contributed by atoms with Gasteiger partial charge in [0.05, 0.1) is 13.5 Å². The molecule has 1 amide bonds. The van der Waals surface area contributed by atoms with E-state index in [4.69, 9.17) is 4.74 Å². The number of nitrogens with one attached hydrogen (secondary N) is 1. The quantitative estimate of drug-likeness (QED) is 0.890. The van der Waals surface area contributed by atoms with Crippen LogP contribution in [0.25, 0.3) is 0 Å². The lowest BCUT2D eigenvalue weighted by atomic mass is 10.3. The number of methoxy groups -OCH3 is 1. The maximum Gasteiger partial charge on any atom is 0.231 e. The molecule has 0 spiro atoms. The zero-order valence-corrected chi connectivity index (χ0v) is 10.4. The summed E-state index contributed by atoms with van der Waals surface area (Å²) in [6, 6.07) is 7.21. The zero-order valence-electron chi connectivity index (χ0n) is 10.4. The van der Waals surface area contributed by atoms with Crippen LogP contribution in [0.3, 0.4) is 0 Å². The van der Waals surface area contributed by atoms with Crippen LogP contribution in [-0.4, -0.2) is 22.6 Å². The molecule has 0 aliphatic heterocycles. The van der Waals surface area contributed by atoms with Crippen molar-refractivity contribution in [1.82, 2.24) is 9.55 Å². The van der Waals surface area contributed by atoms with Crippen LogP contribution in [0.4, 0.5) is 5.69 Å². The van der Waals surface area contributed by atoms with Crippen molar-refractivity contribution in [3.63, 3.8) is 0 Å². The Kier molecular flexibility index (Phi) is 3.62. The van der Waals surface area contributed by atoms with Gasteiger partial charge in [-0.15, -0.1) is 0 Å². The number of amides is 1. The molecule has 5 nitrogen and oxygen atoms in total. The van der Waals surface area contributed by atoms with E-state index in [9.17, 15) is 4.79 Å². The van der Waals surface area contributed by atoms with Gasteiger partial charge < -0.3 is 14.6 Å². The smallest absolute Gasteiger partial charge is 0.231 e. The van der Waals surface area contributed by atoms with Gasteiger partial charge in [-0.2, -0.15) is 0 Å². The Morgan fingerprint density at radius 1 is 1.39 bits per heavy atom. The van der Waals surface area contributed by atoms with Gasteiger partial charge in [0.2, 0.25) is 5.91 Å². The molecule has 0 aliphatic carbocycles. The summed E-state index contributed by atoms with van der Waals surface area (Å²) in [5, 5.41) is 2.81. The third-order valence-electron chi connectivity index (χ3n) is 2.61. The molecule has 1 aromatic heterocycles. The van der Waals surface area contributed by atoms with Crippen molar-refractivity contribution in [3.05, 3.63) is 42.5 Å². The Hall–Kier alpha value is -2.30. The van der Waals surface area contributed by atoms with Gasteiger partial charge in [0, 0.05) is 25.1 Å². The van der Waals surface area contributed by atoms with E-state index in [2.05, 4.69) is 10.3 Å². The standard InChI is InChI=1S/C13H15N3O2/c1-16-8-7-14-12(16)9-13(17)15-10-3-5-11(18-2)6-4-10/h3-8H,9H2,1-2H3,(H,15,17). The van der Waals surface area contributed by atoms with Gasteiger partial charge in [0.1, 0.15) is 11.6 Å².